The fourth-order valence-electron chi connectivity index (χ4n) is 4.19. The van der Waals surface area contributed by atoms with Gasteiger partial charge in [0.25, 0.3) is 0 Å². The second-order valence-electron chi connectivity index (χ2n) is 8.10. The highest BCUT2D eigenvalue weighted by atomic mass is 16.5. The summed E-state index contributed by atoms with van der Waals surface area (Å²) < 4.78 is 6.00. The van der Waals surface area contributed by atoms with Crippen molar-refractivity contribution in [1.82, 2.24) is 4.90 Å². The van der Waals surface area contributed by atoms with E-state index in [-0.39, 0.29) is 24.2 Å². The number of rotatable bonds is 5. The van der Waals surface area contributed by atoms with Crippen molar-refractivity contribution in [1.29, 1.82) is 0 Å². The van der Waals surface area contributed by atoms with E-state index in [2.05, 4.69) is 56.9 Å². The van der Waals surface area contributed by atoms with Gasteiger partial charge in [-0.05, 0) is 43.1 Å². The molecule has 3 rings (SSSR count). The van der Waals surface area contributed by atoms with Gasteiger partial charge >= 0.3 is 5.97 Å². The summed E-state index contributed by atoms with van der Waals surface area (Å²) >= 11 is 0. The summed E-state index contributed by atoms with van der Waals surface area (Å²) in [7, 11) is 0. The summed E-state index contributed by atoms with van der Waals surface area (Å²) in [6, 6.07) is 10.6. The molecule has 1 heterocycles. The lowest BCUT2D eigenvalue weighted by Crippen LogP contribution is -2.37. The fourth-order valence-corrected chi connectivity index (χ4v) is 4.19. The molecule has 1 saturated heterocycles. The lowest BCUT2D eigenvalue weighted by molar-refractivity contribution is -0.156. The zero-order valence-electron chi connectivity index (χ0n) is 15.4. The maximum atomic E-state index is 12.6. The maximum Gasteiger partial charge on any atom is 0.325 e. The second-order valence-corrected chi connectivity index (χ2v) is 8.10. The van der Waals surface area contributed by atoms with Crippen molar-refractivity contribution in [3.8, 4) is 0 Å². The number of esters is 1. The quantitative estimate of drug-likeness (QED) is 0.591. The van der Waals surface area contributed by atoms with Gasteiger partial charge in [0.1, 0.15) is 12.1 Å². The average Bonchev–Trinajstić information content (AvgIpc) is 3.35. The molecule has 2 unspecified atom stereocenters. The smallest absolute Gasteiger partial charge is 0.325 e. The molecule has 0 aromatic heterocycles. The van der Waals surface area contributed by atoms with Crippen molar-refractivity contribution in [3.05, 3.63) is 35.9 Å². The lowest BCUT2D eigenvalue weighted by atomic mass is 9.75. The minimum absolute atomic E-state index is 0.0115. The standard InChI is InChI=1S/C21H31NO2/c1-14(2)18-11-10-15(3)12-20(18)24-21(23)19-13-22(19)16(4)17-8-6-5-7-9-17/h5-9,14-16,18-20H,10-13H2,1-4H3/t15-,16-,18?,19+,20-,22?/m0/s1. The molecular weight excluding hydrogens is 298 g/mol. The van der Waals surface area contributed by atoms with Crippen LogP contribution >= 0.6 is 0 Å². The van der Waals surface area contributed by atoms with Crippen LogP contribution in [0.3, 0.4) is 0 Å². The van der Waals surface area contributed by atoms with Crippen LogP contribution in [0.25, 0.3) is 0 Å². The van der Waals surface area contributed by atoms with E-state index < -0.39 is 0 Å². The molecule has 1 aliphatic carbocycles. The van der Waals surface area contributed by atoms with Crippen molar-refractivity contribution in [2.24, 2.45) is 17.8 Å². The number of ether oxygens (including phenoxy) is 1. The summed E-state index contributed by atoms with van der Waals surface area (Å²) in [5.74, 6) is 1.75. The number of carbonyl (C=O) groups is 1. The molecule has 1 aromatic carbocycles. The first-order chi connectivity index (χ1) is 11.5. The molecule has 0 bridgehead atoms. The van der Waals surface area contributed by atoms with Crippen LogP contribution < -0.4 is 0 Å². The lowest BCUT2D eigenvalue weighted by Gasteiger charge is -2.36. The Labute approximate surface area is 146 Å². The molecule has 2 fully saturated rings. The monoisotopic (exact) mass is 329 g/mol. The second kappa shape index (κ2) is 7.26. The normalized spacial score (nSPS) is 34.0. The average molecular weight is 329 g/mol. The fraction of sp³-hybridized carbons (Fsp3) is 0.667. The molecular formula is C21H31NO2. The summed E-state index contributed by atoms with van der Waals surface area (Å²) in [4.78, 5) is 14.9. The van der Waals surface area contributed by atoms with Gasteiger partial charge < -0.3 is 4.74 Å². The molecule has 132 valence electrons. The van der Waals surface area contributed by atoms with Crippen LogP contribution in [-0.4, -0.2) is 29.6 Å². The molecule has 1 saturated carbocycles. The Balaban J connectivity index is 1.57. The first-order valence-corrected chi connectivity index (χ1v) is 9.48. The molecule has 6 atom stereocenters. The van der Waals surface area contributed by atoms with Gasteiger partial charge in [0, 0.05) is 12.6 Å². The van der Waals surface area contributed by atoms with E-state index in [9.17, 15) is 4.79 Å². The van der Waals surface area contributed by atoms with E-state index in [1.807, 2.05) is 6.07 Å². The van der Waals surface area contributed by atoms with Gasteiger partial charge in [-0.25, -0.2) is 0 Å². The first-order valence-electron chi connectivity index (χ1n) is 9.48. The molecule has 1 aromatic rings. The maximum absolute atomic E-state index is 12.6. The number of carbonyl (C=O) groups excluding carboxylic acids is 1. The molecule has 1 aliphatic heterocycles. The van der Waals surface area contributed by atoms with E-state index in [4.69, 9.17) is 4.74 Å². The molecule has 3 nitrogen and oxygen atoms in total. The van der Waals surface area contributed by atoms with Crippen LogP contribution in [0.1, 0.15) is 58.6 Å². The first kappa shape index (κ1) is 17.5. The van der Waals surface area contributed by atoms with Gasteiger partial charge in [0.15, 0.2) is 0 Å². The van der Waals surface area contributed by atoms with E-state index in [1.54, 1.807) is 0 Å². The number of benzene rings is 1. The van der Waals surface area contributed by atoms with E-state index in [1.165, 1.54) is 18.4 Å². The van der Waals surface area contributed by atoms with Gasteiger partial charge in [0.2, 0.25) is 0 Å². The Bertz CT molecular complexity index is 556. The third-order valence-corrected chi connectivity index (χ3v) is 5.93. The molecule has 24 heavy (non-hydrogen) atoms. The molecule has 3 heteroatoms. The third kappa shape index (κ3) is 3.83. The van der Waals surface area contributed by atoms with Crippen molar-refractivity contribution >= 4 is 5.97 Å². The van der Waals surface area contributed by atoms with E-state index in [0.29, 0.717) is 17.8 Å². The predicted molar refractivity (Wildman–Crippen MR) is 96.6 cm³/mol. The topological polar surface area (TPSA) is 29.3 Å². The predicted octanol–water partition coefficient (Wildman–Crippen LogP) is 4.44. The van der Waals surface area contributed by atoms with Crippen LogP contribution in [0, 0.1) is 17.8 Å². The van der Waals surface area contributed by atoms with Gasteiger partial charge in [-0.3, -0.25) is 9.69 Å². The van der Waals surface area contributed by atoms with Crippen molar-refractivity contribution in [2.75, 3.05) is 6.54 Å². The van der Waals surface area contributed by atoms with E-state index >= 15 is 0 Å². The molecule has 0 radical (unpaired) electrons. The van der Waals surface area contributed by atoms with Gasteiger partial charge in [0.05, 0.1) is 0 Å². The minimum Gasteiger partial charge on any atom is -0.461 e. The summed E-state index contributed by atoms with van der Waals surface area (Å²) in [6.07, 6.45) is 3.58. The Hall–Kier alpha value is -1.35. The number of hydrogen-bond acceptors (Lipinski definition) is 3. The van der Waals surface area contributed by atoms with Crippen LogP contribution in [0.15, 0.2) is 30.3 Å². The largest absolute Gasteiger partial charge is 0.461 e. The third-order valence-electron chi connectivity index (χ3n) is 5.93. The Morgan fingerprint density at radius 2 is 1.88 bits per heavy atom. The Morgan fingerprint density at radius 3 is 2.54 bits per heavy atom. The van der Waals surface area contributed by atoms with Crippen molar-refractivity contribution in [3.63, 3.8) is 0 Å². The molecule has 2 aliphatic rings. The molecule has 0 spiro atoms. The van der Waals surface area contributed by atoms with Crippen LogP contribution in [-0.2, 0) is 9.53 Å². The van der Waals surface area contributed by atoms with Crippen molar-refractivity contribution in [2.45, 2.75) is 65.1 Å². The highest BCUT2D eigenvalue weighted by molar-refractivity contribution is 5.79. The van der Waals surface area contributed by atoms with Crippen LogP contribution in [0.4, 0.5) is 0 Å². The van der Waals surface area contributed by atoms with Gasteiger partial charge in [-0.1, -0.05) is 57.5 Å². The van der Waals surface area contributed by atoms with Crippen LogP contribution in [0.2, 0.25) is 0 Å². The zero-order valence-corrected chi connectivity index (χ0v) is 15.4. The summed E-state index contributed by atoms with van der Waals surface area (Å²) in [5, 5.41) is 0. The van der Waals surface area contributed by atoms with E-state index in [0.717, 1.165) is 13.0 Å². The highest BCUT2D eigenvalue weighted by Crippen LogP contribution is 2.37. The molecule has 0 amide bonds. The Morgan fingerprint density at radius 1 is 1.17 bits per heavy atom. The zero-order chi connectivity index (χ0) is 17.3. The highest BCUT2D eigenvalue weighted by Gasteiger charge is 2.46. The summed E-state index contributed by atoms with van der Waals surface area (Å²) in [6.45, 7) is 9.77. The SMILES string of the molecule is CC(C)C1CC[C@H](C)C[C@@H]1OC(=O)[C@H]1CN1[C@@H](C)c1ccccc1. The minimum atomic E-state index is -0.0507. The van der Waals surface area contributed by atoms with Gasteiger partial charge in [-0.2, -0.15) is 0 Å². The number of hydrogen-bond donors (Lipinski definition) is 0. The Kier molecular flexibility index (Phi) is 5.29. The van der Waals surface area contributed by atoms with Crippen molar-refractivity contribution < 1.29 is 9.53 Å². The molecule has 0 N–H and O–H groups in total. The van der Waals surface area contributed by atoms with Crippen LogP contribution in [0.5, 0.6) is 0 Å². The summed E-state index contributed by atoms with van der Waals surface area (Å²) in [5.41, 5.74) is 1.26. The van der Waals surface area contributed by atoms with Gasteiger partial charge in [-0.15, -0.1) is 0 Å². The number of nitrogens with zero attached hydrogens (tertiary/aromatic N) is 1.